The Morgan fingerprint density at radius 3 is 2.40 bits per heavy atom. The molecule has 2 N–H and O–H groups in total. The van der Waals surface area contributed by atoms with Crippen molar-refractivity contribution in [3.05, 3.63) is 54.6 Å². The summed E-state index contributed by atoms with van der Waals surface area (Å²) < 4.78 is 0. The van der Waals surface area contributed by atoms with Crippen molar-refractivity contribution in [1.82, 2.24) is 4.90 Å². The second-order valence-corrected chi connectivity index (χ2v) is 6.40. The van der Waals surface area contributed by atoms with Gasteiger partial charge in [-0.25, -0.2) is 0 Å². The number of aliphatic carboxylic acids is 1. The van der Waals surface area contributed by atoms with E-state index in [1.54, 1.807) is 0 Å². The molecule has 2 aromatic carbocycles. The number of nitrogens with one attached hydrogen (secondary N) is 1. The van der Waals surface area contributed by atoms with Gasteiger partial charge in [0.2, 0.25) is 5.91 Å². The summed E-state index contributed by atoms with van der Waals surface area (Å²) in [6.45, 7) is 1.43. The molecule has 0 bridgehead atoms. The highest BCUT2D eigenvalue weighted by Gasteiger charge is 2.26. The smallest absolute Gasteiger partial charge is 0.307 e. The van der Waals surface area contributed by atoms with Gasteiger partial charge in [-0.05, 0) is 42.6 Å². The van der Waals surface area contributed by atoms with Gasteiger partial charge >= 0.3 is 5.97 Å². The number of hydrogen-bond acceptors (Lipinski definition) is 3. The van der Waals surface area contributed by atoms with Crippen LogP contribution in [0.25, 0.3) is 11.1 Å². The maximum absolute atomic E-state index is 12.2. The molecule has 0 spiro atoms. The number of rotatable bonds is 5. The van der Waals surface area contributed by atoms with Crippen molar-refractivity contribution in [1.29, 1.82) is 0 Å². The Kier molecular flexibility index (Phi) is 5.46. The van der Waals surface area contributed by atoms with Crippen LogP contribution in [0, 0.1) is 5.92 Å². The molecule has 5 heteroatoms. The van der Waals surface area contributed by atoms with Gasteiger partial charge in [-0.2, -0.15) is 0 Å². The standard InChI is InChI=1S/C20H22N2O3/c23-19(14-22-12-4-7-17(13-22)20(24)25)21-18-10-8-16(9-11-18)15-5-2-1-3-6-15/h1-3,5-6,8-11,17H,4,7,12-14H2,(H,21,23)(H,24,25). The van der Waals surface area contributed by atoms with E-state index in [2.05, 4.69) is 5.32 Å². The normalized spacial score (nSPS) is 17.8. The molecule has 2 aromatic rings. The molecular weight excluding hydrogens is 316 g/mol. The van der Waals surface area contributed by atoms with Gasteiger partial charge in [0.15, 0.2) is 0 Å². The SMILES string of the molecule is O=C(CN1CCCC(C(=O)O)C1)Nc1ccc(-c2ccccc2)cc1. The van der Waals surface area contributed by atoms with Crippen LogP contribution in [0.15, 0.2) is 54.6 Å². The van der Waals surface area contributed by atoms with Crippen LogP contribution in [-0.4, -0.2) is 41.5 Å². The number of anilines is 1. The monoisotopic (exact) mass is 338 g/mol. The number of amides is 1. The second-order valence-electron chi connectivity index (χ2n) is 6.40. The van der Waals surface area contributed by atoms with Crippen LogP contribution in [0.3, 0.4) is 0 Å². The lowest BCUT2D eigenvalue weighted by Crippen LogP contribution is -2.42. The maximum atomic E-state index is 12.2. The number of carboxylic acids is 1. The first-order valence-electron chi connectivity index (χ1n) is 8.52. The zero-order valence-electron chi connectivity index (χ0n) is 14.0. The van der Waals surface area contributed by atoms with Crippen LogP contribution in [0.5, 0.6) is 0 Å². The Balaban J connectivity index is 1.55. The molecule has 1 aliphatic heterocycles. The molecule has 1 atom stereocenters. The third-order valence-electron chi connectivity index (χ3n) is 4.50. The van der Waals surface area contributed by atoms with Crippen LogP contribution in [0.2, 0.25) is 0 Å². The fourth-order valence-electron chi connectivity index (χ4n) is 3.18. The molecule has 1 aliphatic rings. The summed E-state index contributed by atoms with van der Waals surface area (Å²) in [5, 5.41) is 12.0. The molecule has 0 aromatic heterocycles. The van der Waals surface area contributed by atoms with Gasteiger partial charge in [-0.15, -0.1) is 0 Å². The summed E-state index contributed by atoms with van der Waals surface area (Å²) in [6.07, 6.45) is 1.50. The summed E-state index contributed by atoms with van der Waals surface area (Å²) in [5.74, 6) is -1.26. The molecule has 3 rings (SSSR count). The molecule has 1 saturated heterocycles. The zero-order chi connectivity index (χ0) is 17.6. The molecule has 130 valence electrons. The van der Waals surface area contributed by atoms with Gasteiger partial charge in [0.05, 0.1) is 12.5 Å². The third-order valence-corrected chi connectivity index (χ3v) is 4.50. The van der Waals surface area contributed by atoms with Crippen molar-refractivity contribution in [2.45, 2.75) is 12.8 Å². The number of carbonyl (C=O) groups excluding carboxylic acids is 1. The fourth-order valence-corrected chi connectivity index (χ4v) is 3.18. The minimum atomic E-state index is -0.776. The molecule has 1 fully saturated rings. The van der Waals surface area contributed by atoms with Crippen LogP contribution < -0.4 is 5.32 Å². The highest BCUT2D eigenvalue weighted by molar-refractivity contribution is 5.92. The van der Waals surface area contributed by atoms with Gasteiger partial charge in [0.25, 0.3) is 0 Å². The number of benzene rings is 2. The van der Waals surface area contributed by atoms with E-state index in [-0.39, 0.29) is 18.4 Å². The van der Waals surface area contributed by atoms with Crippen molar-refractivity contribution >= 4 is 17.6 Å². The van der Waals surface area contributed by atoms with Crippen molar-refractivity contribution in [3.8, 4) is 11.1 Å². The molecule has 1 heterocycles. The Morgan fingerprint density at radius 1 is 1.04 bits per heavy atom. The van der Waals surface area contributed by atoms with Crippen LogP contribution >= 0.6 is 0 Å². The number of carbonyl (C=O) groups is 2. The predicted molar refractivity (Wildman–Crippen MR) is 97.3 cm³/mol. The Hall–Kier alpha value is -2.66. The van der Waals surface area contributed by atoms with Crippen LogP contribution in [0.1, 0.15) is 12.8 Å². The topological polar surface area (TPSA) is 69.6 Å². The highest BCUT2D eigenvalue weighted by atomic mass is 16.4. The summed E-state index contributed by atoms with van der Waals surface area (Å²) in [4.78, 5) is 25.2. The Bertz CT molecular complexity index is 728. The first-order chi connectivity index (χ1) is 12.1. The zero-order valence-corrected chi connectivity index (χ0v) is 14.0. The number of likely N-dealkylation sites (tertiary alicyclic amines) is 1. The lowest BCUT2D eigenvalue weighted by Gasteiger charge is -2.29. The average Bonchev–Trinajstić information content (AvgIpc) is 2.63. The maximum Gasteiger partial charge on any atom is 0.307 e. The number of piperidine rings is 1. The van der Waals surface area contributed by atoms with Gasteiger partial charge in [0.1, 0.15) is 0 Å². The first-order valence-corrected chi connectivity index (χ1v) is 8.52. The van der Waals surface area contributed by atoms with Gasteiger partial charge < -0.3 is 10.4 Å². The molecule has 0 saturated carbocycles. The van der Waals surface area contributed by atoms with E-state index in [4.69, 9.17) is 5.11 Å². The van der Waals surface area contributed by atoms with Crippen molar-refractivity contribution in [2.24, 2.45) is 5.92 Å². The van der Waals surface area contributed by atoms with Gasteiger partial charge in [-0.1, -0.05) is 42.5 Å². The molecule has 0 radical (unpaired) electrons. The fraction of sp³-hybridized carbons (Fsp3) is 0.300. The molecule has 1 unspecified atom stereocenters. The predicted octanol–water partition coefficient (Wildman–Crippen LogP) is 3.09. The Morgan fingerprint density at radius 2 is 1.72 bits per heavy atom. The van der Waals surface area contributed by atoms with E-state index in [9.17, 15) is 9.59 Å². The van der Waals surface area contributed by atoms with Crippen LogP contribution in [0.4, 0.5) is 5.69 Å². The molecule has 0 aliphatic carbocycles. The lowest BCUT2D eigenvalue weighted by atomic mass is 9.98. The molecule has 25 heavy (non-hydrogen) atoms. The van der Waals surface area contributed by atoms with E-state index in [1.165, 1.54) is 0 Å². The van der Waals surface area contributed by atoms with E-state index >= 15 is 0 Å². The summed E-state index contributed by atoms with van der Waals surface area (Å²) in [5.41, 5.74) is 2.98. The Labute approximate surface area is 147 Å². The molecule has 5 nitrogen and oxygen atoms in total. The summed E-state index contributed by atoms with van der Waals surface area (Å²) in [6, 6.07) is 17.8. The highest BCUT2D eigenvalue weighted by Crippen LogP contribution is 2.21. The number of hydrogen-bond donors (Lipinski definition) is 2. The minimum Gasteiger partial charge on any atom is -0.481 e. The summed E-state index contributed by atoms with van der Waals surface area (Å²) in [7, 11) is 0. The van der Waals surface area contributed by atoms with Gasteiger partial charge in [0, 0.05) is 12.2 Å². The summed E-state index contributed by atoms with van der Waals surface area (Å²) >= 11 is 0. The molecular formula is C20H22N2O3. The number of carboxylic acid groups (broad SMARTS) is 1. The number of nitrogens with zero attached hydrogens (tertiary/aromatic N) is 1. The first kappa shape index (κ1) is 17.2. The third kappa shape index (κ3) is 4.67. The molecule has 1 amide bonds. The van der Waals surface area contributed by atoms with Crippen molar-refractivity contribution < 1.29 is 14.7 Å². The second kappa shape index (κ2) is 7.94. The van der Waals surface area contributed by atoms with Crippen molar-refractivity contribution in [3.63, 3.8) is 0 Å². The van der Waals surface area contributed by atoms with Gasteiger partial charge in [-0.3, -0.25) is 14.5 Å². The van der Waals surface area contributed by atoms with E-state index in [0.717, 1.165) is 29.8 Å². The minimum absolute atomic E-state index is 0.113. The largest absolute Gasteiger partial charge is 0.481 e. The van der Waals surface area contributed by atoms with Crippen LogP contribution in [-0.2, 0) is 9.59 Å². The van der Waals surface area contributed by atoms with E-state index in [1.807, 2.05) is 59.5 Å². The van der Waals surface area contributed by atoms with E-state index in [0.29, 0.717) is 13.0 Å². The lowest BCUT2D eigenvalue weighted by molar-refractivity contribution is -0.144. The average molecular weight is 338 g/mol. The van der Waals surface area contributed by atoms with E-state index < -0.39 is 5.97 Å². The van der Waals surface area contributed by atoms with Crippen molar-refractivity contribution in [2.75, 3.05) is 25.0 Å². The quantitative estimate of drug-likeness (QED) is 0.879.